The van der Waals surface area contributed by atoms with Crippen LogP contribution in [0.15, 0.2) is 40.1 Å². The van der Waals surface area contributed by atoms with Crippen molar-refractivity contribution in [2.24, 2.45) is 4.99 Å². The fourth-order valence-electron chi connectivity index (χ4n) is 4.30. The van der Waals surface area contributed by atoms with Crippen LogP contribution in [0.3, 0.4) is 0 Å². The molecule has 0 radical (unpaired) electrons. The average molecular weight is 529 g/mol. The molecule has 1 atom stereocenters. The summed E-state index contributed by atoms with van der Waals surface area (Å²) in [5, 5.41) is 3.29. The van der Waals surface area contributed by atoms with Crippen LogP contribution in [0.1, 0.15) is 38.3 Å². The van der Waals surface area contributed by atoms with Crippen LogP contribution in [0, 0.1) is 11.8 Å². The maximum atomic E-state index is 14.0. The van der Waals surface area contributed by atoms with Gasteiger partial charge in [-0.1, -0.05) is 29.5 Å². The van der Waals surface area contributed by atoms with Crippen molar-refractivity contribution in [1.29, 1.82) is 0 Å². The highest BCUT2D eigenvalue weighted by molar-refractivity contribution is 6.30. The monoisotopic (exact) mass is 528 g/mol. The maximum Gasteiger partial charge on any atom is 0.416 e. The summed E-state index contributed by atoms with van der Waals surface area (Å²) in [6.45, 7) is 10.3. The molecule has 4 rings (SSSR count). The zero-order valence-corrected chi connectivity index (χ0v) is 22.5. The Morgan fingerprint density at radius 2 is 2.05 bits per heavy atom. The number of nitrogens with two attached hydrogens (primary N) is 1. The molecule has 1 aromatic rings. The standard InChI is InChI=1S/C27H34ClFN6O2/c1-27(2,3)37-26(36)35(19-7-8-22(29)21(28)15-19)25-20-16-23(30)18(14-24(20)31-17-32-25)6-5-9-34-12-10-33(4)11-13-34/h7-8,14,16,19,31H,9-13,15,17,30H2,1-4H3. The first-order valence-electron chi connectivity index (χ1n) is 12.4. The molecule has 1 amide bonds. The number of carbonyl (C=O) groups excluding carboxylic acids is 1. The number of piperazine rings is 1. The minimum Gasteiger partial charge on any atom is -0.443 e. The van der Waals surface area contributed by atoms with Crippen molar-refractivity contribution in [2.75, 3.05) is 57.5 Å². The molecule has 0 saturated carbocycles. The second kappa shape index (κ2) is 11.1. The second-order valence-electron chi connectivity index (χ2n) is 10.4. The Morgan fingerprint density at radius 3 is 2.73 bits per heavy atom. The first-order valence-corrected chi connectivity index (χ1v) is 12.8. The number of carbonyl (C=O) groups is 1. The Labute approximate surface area is 223 Å². The van der Waals surface area contributed by atoms with Gasteiger partial charge in [0.05, 0.1) is 17.6 Å². The van der Waals surface area contributed by atoms with E-state index in [-0.39, 0.29) is 18.1 Å². The molecule has 37 heavy (non-hydrogen) atoms. The number of nitrogens with one attached hydrogen (secondary N) is 1. The average Bonchev–Trinajstić information content (AvgIpc) is 2.82. The molecule has 8 nitrogen and oxygen atoms in total. The summed E-state index contributed by atoms with van der Waals surface area (Å²) in [5.74, 6) is 6.31. The van der Waals surface area contributed by atoms with Crippen LogP contribution in [0.4, 0.5) is 20.6 Å². The lowest BCUT2D eigenvalue weighted by atomic mass is 10.0. The number of halogens is 2. The number of amides is 1. The second-order valence-corrected chi connectivity index (χ2v) is 10.9. The first kappa shape index (κ1) is 27.0. The number of benzene rings is 1. The van der Waals surface area contributed by atoms with E-state index in [1.54, 1.807) is 32.9 Å². The van der Waals surface area contributed by atoms with Crippen LogP contribution in [0.5, 0.6) is 0 Å². The molecule has 2 heterocycles. The van der Waals surface area contributed by atoms with Crippen molar-refractivity contribution >= 4 is 34.9 Å². The Kier molecular flexibility index (Phi) is 8.12. The van der Waals surface area contributed by atoms with E-state index < -0.39 is 23.6 Å². The largest absolute Gasteiger partial charge is 0.443 e. The van der Waals surface area contributed by atoms with Gasteiger partial charge in [0.25, 0.3) is 0 Å². The molecule has 0 spiro atoms. The van der Waals surface area contributed by atoms with Crippen molar-refractivity contribution in [3.63, 3.8) is 0 Å². The van der Waals surface area contributed by atoms with Gasteiger partial charge in [0.15, 0.2) is 0 Å². The van der Waals surface area contributed by atoms with Gasteiger partial charge in [0, 0.05) is 55.1 Å². The lowest BCUT2D eigenvalue weighted by molar-refractivity contribution is 0.0337. The summed E-state index contributed by atoms with van der Waals surface area (Å²) in [6, 6.07) is 3.07. The molecule has 3 aliphatic rings. The number of aliphatic imine (C=N–C) groups is 1. The molecule has 1 saturated heterocycles. The van der Waals surface area contributed by atoms with Gasteiger partial charge in [-0.15, -0.1) is 0 Å². The smallest absolute Gasteiger partial charge is 0.416 e. The van der Waals surface area contributed by atoms with Crippen LogP contribution in [0.25, 0.3) is 0 Å². The number of fused-ring (bicyclic) bond motifs is 1. The number of allylic oxidation sites excluding steroid dienone is 2. The van der Waals surface area contributed by atoms with Crippen LogP contribution in [-0.4, -0.2) is 84.7 Å². The highest BCUT2D eigenvalue weighted by atomic mass is 35.5. The highest BCUT2D eigenvalue weighted by Gasteiger charge is 2.35. The Hall–Kier alpha value is -3.06. The van der Waals surface area contributed by atoms with Crippen LogP contribution in [-0.2, 0) is 4.74 Å². The van der Waals surface area contributed by atoms with Crippen molar-refractivity contribution < 1.29 is 13.9 Å². The quantitative estimate of drug-likeness (QED) is 0.446. The van der Waals surface area contributed by atoms with E-state index in [1.165, 1.54) is 11.0 Å². The summed E-state index contributed by atoms with van der Waals surface area (Å²) in [6.07, 6.45) is 2.37. The predicted molar refractivity (Wildman–Crippen MR) is 146 cm³/mol. The fourth-order valence-corrected chi connectivity index (χ4v) is 4.52. The SMILES string of the molecule is CN1CCN(CC#Cc2cc3c(cc2N)C(N(C(=O)OC(C)(C)C)C2C=CC(F)=C(Cl)C2)=NCN3)CC1. The third-order valence-electron chi connectivity index (χ3n) is 6.31. The first-order chi connectivity index (χ1) is 17.5. The number of ether oxygens (including phenoxy) is 1. The van der Waals surface area contributed by atoms with Crippen molar-refractivity contribution in [3.8, 4) is 11.8 Å². The van der Waals surface area contributed by atoms with Gasteiger partial charge in [-0.3, -0.25) is 9.80 Å². The third kappa shape index (κ3) is 6.63. The van der Waals surface area contributed by atoms with Crippen molar-refractivity contribution in [3.05, 3.63) is 46.3 Å². The van der Waals surface area contributed by atoms with E-state index in [0.29, 0.717) is 29.2 Å². The van der Waals surface area contributed by atoms with Gasteiger partial charge in [0.2, 0.25) is 0 Å². The number of nitrogens with zero attached hydrogens (tertiary/aromatic N) is 4. The fraction of sp³-hybridized carbons (Fsp3) is 0.481. The molecular weight excluding hydrogens is 495 g/mol. The summed E-state index contributed by atoms with van der Waals surface area (Å²) in [7, 11) is 2.12. The van der Waals surface area contributed by atoms with Crippen LogP contribution >= 0.6 is 11.6 Å². The zero-order valence-electron chi connectivity index (χ0n) is 21.8. The number of amidine groups is 1. The van der Waals surface area contributed by atoms with Crippen LogP contribution in [0.2, 0.25) is 0 Å². The summed E-state index contributed by atoms with van der Waals surface area (Å²) in [5.41, 5.74) is 8.25. The Bertz CT molecular complexity index is 1200. The van der Waals surface area contributed by atoms with Gasteiger partial charge in [-0.05, 0) is 46.0 Å². The van der Waals surface area contributed by atoms with Crippen molar-refractivity contribution in [1.82, 2.24) is 14.7 Å². The number of anilines is 2. The van der Waals surface area contributed by atoms with E-state index in [2.05, 4.69) is 39.0 Å². The maximum absolute atomic E-state index is 14.0. The van der Waals surface area contributed by atoms with E-state index in [9.17, 15) is 9.18 Å². The minimum atomic E-state index is -0.739. The molecule has 10 heteroatoms. The van der Waals surface area contributed by atoms with Gasteiger partial charge in [0.1, 0.15) is 23.9 Å². The molecule has 1 aliphatic carbocycles. The normalized spacial score (nSPS) is 20.4. The Morgan fingerprint density at radius 1 is 1.32 bits per heavy atom. The molecular formula is C27H34ClFN6O2. The number of nitrogen functional groups attached to an aromatic ring is 1. The summed E-state index contributed by atoms with van der Waals surface area (Å²) in [4.78, 5) is 24.0. The van der Waals surface area contributed by atoms with E-state index in [4.69, 9.17) is 22.1 Å². The third-order valence-corrected chi connectivity index (χ3v) is 6.65. The minimum absolute atomic E-state index is 0.0429. The summed E-state index contributed by atoms with van der Waals surface area (Å²) < 4.78 is 19.6. The number of hydrogen-bond acceptors (Lipinski definition) is 7. The molecule has 0 bridgehead atoms. The van der Waals surface area contributed by atoms with Crippen molar-refractivity contribution in [2.45, 2.75) is 38.8 Å². The molecule has 3 N–H and O–H groups in total. The van der Waals surface area contributed by atoms with E-state index >= 15 is 0 Å². The molecule has 2 aliphatic heterocycles. The van der Waals surface area contributed by atoms with Gasteiger partial charge >= 0.3 is 6.09 Å². The Balaban J connectivity index is 1.61. The van der Waals surface area contributed by atoms with E-state index in [0.717, 1.165) is 31.9 Å². The van der Waals surface area contributed by atoms with Gasteiger partial charge < -0.3 is 20.7 Å². The van der Waals surface area contributed by atoms with Gasteiger partial charge in [-0.2, -0.15) is 0 Å². The molecule has 0 aromatic heterocycles. The molecule has 198 valence electrons. The highest BCUT2D eigenvalue weighted by Crippen LogP contribution is 2.32. The molecule has 1 aromatic carbocycles. The number of hydrogen-bond donors (Lipinski definition) is 2. The van der Waals surface area contributed by atoms with Crippen LogP contribution < -0.4 is 11.1 Å². The van der Waals surface area contributed by atoms with E-state index in [1.807, 2.05) is 6.07 Å². The molecule has 1 fully saturated rings. The van der Waals surface area contributed by atoms with Gasteiger partial charge in [-0.25, -0.2) is 14.2 Å². The lowest BCUT2D eigenvalue weighted by Crippen LogP contribution is -2.48. The number of likely N-dealkylation sites (N-methyl/N-ethyl adjacent to an activating group) is 1. The lowest BCUT2D eigenvalue weighted by Gasteiger charge is -2.35. The molecule has 1 unspecified atom stereocenters. The number of rotatable bonds is 2. The topological polar surface area (TPSA) is 86.4 Å². The summed E-state index contributed by atoms with van der Waals surface area (Å²) >= 11 is 6.12. The zero-order chi connectivity index (χ0) is 26.7. The predicted octanol–water partition coefficient (Wildman–Crippen LogP) is 3.98.